The first-order chi connectivity index (χ1) is 7.13. The molecule has 0 saturated carbocycles. The molecule has 0 heterocycles. The second kappa shape index (κ2) is 5.08. The molecule has 83 valence electrons. The molecule has 1 aliphatic rings. The molecule has 1 aromatic rings. The number of benzene rings is 1. The van der Waals surface area contributed by atoms with Gasteiger partial charge < -0.3 is 0 Å². The van der Waals surface area contributed by atoms with E-state index in [9.17, 15) is 0 Å². The summed E-state index contributed by atoms with van der Waals surface area (Å²) in [5, 5.41) is 0. The third kappa shape index (κ3) is 2.05. The molecule has 0 nitrogen and oxygen atoms in total. The van der Waals surface area contributed by atoms with Gasteiger partial charge in [0.25, 0.3) is 0 Å². The Hall–Kier alpha value is -0.716. The van der Waals surface area contributed by atoms with Gasteiger partial charge >= 0.3 is 0 Å². The van der Waals surface area contributed by atoms with Crippen molar-refractivity contribution in [3.05, 3.63) is 58.2 Å². The van der Waals surface area contributed by atoms with Gasteiger partial charge in [-0.1, -0.05) is 41.5 Å². The van der Waals surface area contributed by atoms with Gasteiger partial charge in [0.1, 0.15) is 0 Å². The molecule has 1 heteroatoms. The van der Waals surface area contributed by atoms with Crippen LogP contribution in [0.1, 0.15) is 39.2 Å². The van der Waals surface area contributed by atoms with E-state index in [0.29, 0.717) is 5.92 Å². The van der Waals surface area contributed by atoms with Gasteiger partial charge in [-0.05, 0) is 44.4 Å². The monoisotopic (exact) mass is 249 g/mol. The van der Waals surface area contributed by atoms with Gasteiger partial charge in [0, 0.05) is 24.5 Å². The van der Waals surface area contributed by atoms with Gasteiger partial charge in [0.05, 0.1) is 0 Å². The van der Waals surface area contributed by atoms with Gasteiger partial charge in [-0.15, -0.1) is 0 Å². The largest absolute Gasteiger partial charge is 0.0622 e. The number of hydrogen-bond donors (Lipinski definition) is 0. The smallest absolute Gasteiger partial charge is 0.0263 e. The van der Waals surface area contributed by atoms with Crippen LogP contribution in [0.3, 0.4) is 0 Å². The molecule has 0 aromatic heterocycles. The Kier molecular flexibility index (Phi) is 4.24. The van der Waals surface area contributed by atoms with Crippen LogP contribution in [0.4, 0.5) is 0 Å². The quantitative estimate of drug-likeness (QED) is 0.689. The summed E-state index contributed by atoms with van der Waals surface area (Å²) in [4.78, 5) is 0. The summed E-state index contributed by atoms with van der Waals surface area (Å²) in [5.74, 6) is 0.520. The minimum absolute atomic E-state index is 0. The van der Waals surface area contributed by atoms with Crippen molar-refractivity contribution in [1.29, 1.82) is 0 Å². The normalized spacial score (nSPS) is 16.8. The van der Waals surface area contributed by atoms with Crippen LogP contribution in [0.2, 0.25) is 0 Å². The number of rotatable bonds is 1. The van der Waals surface area contributed by atoms with E-state index in [1.165, 1.54) is 27.9 Å². The molecule has 0 atom stereocenters. The van der Waals surface area contributed by atoms with Crippen molar-refractivity contribution in [2.75, 3.05) is 0 Å². The van der Waals surface area contributed by atoms with Crippen molar-refractivity contribution >= 4 is 0 Å². The number of hydrogen-bond acceptors (Lipinski definition) is 0. The number of allylic oxidation sites excluding steroid dienone is 4. The third-order valence-electron chi connectivity index (χ3n) is 3.74. The summed E-state index contributed by atoms with van der Waals surface area (Å²) in [5.41, 5.74) is 7.39. The maximum Gasteiger partial charge on any atom is 0.0263 e. The first kappa shape index (κ1) is 13.3. The van der Waals surface area contributed by atoms with E-state index in [0.717, 1.165) is 0 Å². The van der Waals surface area contributed by atoms with Gasteiger partial charge in [-0.2, -0.15) is 0 Å². The molecule has 0 amide bonds. The summed E-state index contributed by atoms with van der Waals surface area (Å²) in [6.45, 7) is 8.98. The standard InChI is InChI=1S/C15H18.V/c1-10-11(2)13(4)15(12(10)3)14-8-6-5-7-9-14;/h5-9,15H,1-4H3;. The minimum atomic E-state index is 0. The van der Waals surface area contributed by atoms with E-state index in [2.05, 4.69) is 58.0 Å². The molecule has 0 spiro atoms. The summed E-state index contributed by atoms with van der Waals surface area (Å²) in [7, 11) is 0. The van der Waals surface area contributed by atoms with Gasteiger partial charge in [-0.3, -0.25) is 0 Å². The van der Waals surface area contributed by atoms with E-state index < -0.39 is 0 Å². The Labute approximate surface area is 110 Å². The predicted octanol–water partition coefficient (Wildman–Crippen LogP) is 4.45. The molecule has 0 unspecified atom stereocenters. The molecular weight excluding hydrogens is 231 g/mol. The Morgan fingerprint density at radius 1 is 0.750 bits per heavy atom. The summed E-state index contributed by atoms with van der Waals surface area (Å²) in [6, 6.07) is 10.8. The van der Waals surface area contributed by atoms with Crippen molar-refractivity contribution in [2.45, 2.75) is 33.6 Å². The molecule has 1 aliphatic carbocycles. The molecule has 0 fully saturated rings. The Morgan fingerprint density at radius 3 is 1.62 bits per heavy atom. The predicted molar refractivity (Wildman–Crippen MR) is 65.9 cm³/mol. The summed E-state index contributed by atoms with van der Waals surface area (Å²) < 4.78 is 0. The first-order valence-electron chi connectivity index (χ1n) is 5.53. The van der Waals surface area contributed by atoms with Crippen LogP contribution < -0.4 is 0 Å². The van der Waals surface area contributed by atoms with Crippen LogP contribution in [0.25, 0.3) is 0 Å². The first-order valence-corrected chi connectivity index (χ1v) is 5.53. The third-order valence-corrected chi connectivity index (χ3v) is 3.74. The molecule has 0 bridgehead atoms. The topological polar surface area (TPSA) is 0 Å². The van der Waals surface area contributed by atoms with Crippen molar-refractivity contribution in [1.82, 2.24) is 0 Å². The molecule has 1 radical (unpaired) electrons. The van der Waals surface area contributed by atoms with Crippen LogP contribution in [0.15, 0.2) is 52.6 Å². The van der Waals surface area contributed by atoms with E-state index in [1.54, 1.807) is 0 Å². The van der Waals surface area contributed by atoms with E-state index in [1.807, 2.05) is 0 Å². The Balaban J connectivity index is 0.00000128. The SMILES string of the molecule is CC1=C(C)C(c2ccccc2)C(C)=C1C.[V]. The van der Waals surface area contributed by atoms with Crippen LogP contribution >= 0.6 is 0 Å². The fraction of sp³-hybridized carbons (Fsp3) is 0.333. The average molecular weight is 249 g/mol. The Bertz CT molecular complexity index is 414. The van der Waals surface area contributed by atoms with Crippen LogP contribution in [0.5, 0.6) is 0 Å². The molecule has 0 aliphatic heterocycles. The molecule has 0 saturated heterocycles. The zero-order valence-electron chi connectivity index (χ0n) is 10.4. The second-order valence-corrected chi connectivity index (χ2v) is 4.46. The Morgan fingerprint density at radius 2 is 1.19 bits per heavy atom. The van der Waals surface area contributed by atoms with Crippen molar-refractivity contribution in [2.24, 2.45) is 0 Å². The summed E-state index contributed by atoms with van der Waals surface area (Å²) in [6.07, 6.45) is 0. The van der Waals surface area contributed by atoms with Crippen molar-refractivity contribution < 1.29 is 18.6 Å². The fourth-order valence-corrected chi connectivity index (χ4v) is 2.49. The molecule has 1 aromatic carbocycles. The van der Waals surface area contributed by atoms with Crippen molar-refractivity contribution in [3.8, 4) is 0 Å². The second-order valence-electron chi connectivity index (χ2n) is 4.46. The van der Waals surface area contributed by atoms with Crippen LogP contribution in [-0.4, -0.2) is 0 Å². The molecular formula is C15H18V. The average Bonchev–Trinajstić information content (AvgIpc) is 2.45. The summed E-state index contributed by atoms with van der Waals surface area (Å²) >= 11 is 0. The van der Waals surface area contributed by atoms with Crippen LogP contribution in [0, 0.1) is 0 Å². The minimum Gasteiger partial charge on any atom is -0.0622 e. The zero-order valence-corrected chi connectivity index (χ0v) is 11.8. The molecule has 2 rings (SSSR count). The van der Waals surface area contributed by atoms with E-state index in [-0.39, 0.29) is 18.6 Å². The maximum absolute atomic E-state index is 2.26. The fourth-order valence-electron chi connectivity index (χ4n) is 2.49. The van der Waals surface area contributed by atoms with E-state index >= 15 is 0 Å². The maximum atomic E-state index is 2.26. The van der Waals surface area contributed by atoms with Crippen LogP contribution in [-0.2, 0) is 18.6 Å². The molecule has 0 N–H and O–H groups in total. The van der Waals surface area contributed by atoms with Gasteiger partial charge in [-0.25, -0.2) is 0 Å². The van der Waals surface area contributed by atoms with Gasteiger partial charge in [0.2, 0.25) is 0 Å². The zero-order chi connectivity index (χ0) is 11.0. The van der Waals surface area contributed by atoms with Gasteiger partial charge in [0.15, 0.2) is 0 Å². The van der Waals surface area contributed by atoms with Crippen molar-refractivity contribution in [3.63, 3.8) is 0 Å². The molecule has 16 heavy (non-hydrogen) atoms. The van der Waals surface area contributed by atoms with E-state index in [4.69, 9.17) is 0 Å².